The Morgan fingerprint density at radius 3 is 2.75 bits per heavy atom. The number of hydrogen-bond acceptors (Lipinski definition) is 5. The maximum Gasteiger partial charge on any atom is 0.289 e. The minimum atomic E-state index is -0.235. The molecule has 1 N–H and O–H groups in total. The van der Waals surface area contributed by atoms with Crippen LogP contribution in [0.4, 0.5) is 0 Å². The van der Waals surface area contributed by atoms with E-state index >= 15 is 0 Å². The zero-order valence-corrected chi connectivity index (χ0v) is 15.8. The number of benzene rings is 2. The Bertz CT molecular complexity index is 939. The van der Waals surface area contributed by atoms with E-state index in [1.165, 1.54) is 6.39 Å². The SMILES string of the molecule is Cc1ncoc1C(=O)NCCN1Cc2ccccc2O[C@H](c2ccccc2)C1. The number of rotatable bonds is 5. The Morgan fingerprint density at radius 2 is 1.96 bits per heavy atom. The van der Waals surface area contributed by atoms with Crippen LogP contribution < -0.4 is 10.1 Å². The van der Waals surface area contributed by atoms with E-state index in [4.69, 9.17) is 9.15 Å². The molecule has 1 aromatic heterocycles. The molecule has 1 amide bonds. The second-order valence-electron chi connectivity index (χ2n) is 6.88. The van der Waals surface area contributed by atoms with Gasteiger partial charge < -0.3 is 14.5 Å². The van der Waals surface area contributed by atoms with Gasteiger partial charge in [0.05, 0.1) is 5.69 Å². The fraction of sp³-hybridized carbons (Fsp3) is 0.273. The van der Waals surface area contributed by atoms with Crippen molar-refractivity contribution in [3.8, 4) is 5.75 Å². The van der Waals surface area contributed by atoms with Crippen LogP contribution in [0, 0.1) is 6.92 Å². The first-order valence-corrected chi connectivity index (χ1v) is 9.41. The predicted molar refractivity (Wildman–Crippen MR) is 105 cm³/mol. The lowest BCUT2D eigenvalue weighted by Crippen LogP contribution is -2.36. The molecular weight excluding hydrogens is 354 g/mol. The molecule has 0 aliphatic carbocycles. The summed E-state index contributed by atoms with van der Waals surface area (Å²) in [5.74, 6) is 0.952. The van der Waals surface area contributed by atoms with Gasteiger partial charge in [-0.2, -0.15) is 0 Å². The molecule has 0 fully saturated rings. The summed E-state index contributed by atoms with van der Waals surface area (Å²) in [7, 11) is 0. The monoisotopic (exact) mass is 377 g/mol. The van der Waals surface area contributed by atoms with E-state index in [9.17, 15) is 4.79 Å². The van der Waals surface area contributed by atoms with Gasteiger partial charge in [-0.15, -0.1) is 0 Å². The maximum atomic E-state index is 12.2. The first-order chi connectivity index (χ1) is 13.7. The standard InChI is InChI=1S/C22H23N3O3/c1-16-21(27-15-24-16)22(26)23-11-12-25-13-18-9-5-6-10-19(18)28-20(14-25)17-7-3-2-4-8-17/h2-10,15,20H,11-14H2,1H3,(H,23,26)/t20-/m0/s1. The summed E-state index contributed by atoms with van der Waals surface area (Å²) >= 11 is 0. The fourth-order valence-electron chi connectivity index (χ4n) is 3.42. The van der Waals surface area contributed by atoms with Crippen LogP contribution in [0.25, 0.3) is 0 Å². The number of hydrogen-bond donors (Lipinski definition) is 1. The van der Waals surface area contributed by atoms with Gasteiger partial charge >= 0.3 is 0 Å². The van der Waals surface area contributed by atoms with Gasteiger partial charge in [-0.25, -0.2) is 4.98 Å². The molecule has 0 radical (unpaired) electrons. The molecule has 1 aliphatic heterocycles. The van der Waals surface area contributed by atoms with Gasteiger partial charge in [0.15, 0.2) is 6.39 Å². The summed E-state index contributed by atoms with van der Waals surface area (Å²) in [6.45, 7) is 4.50. The van der Waals surface area contributed by atoms with Crippen molar-refractivity contribution < 1.29 is 13.9 Å². The normalized spacial score (nSPS) is 16.7. The molecule has 1 atom stereocenters. The molecule has 28 heavy (non-hydrogen) atoms. The number of para-hydroxylation sites is 1. The van der Waals surface area contributed by atoms with Crippen molar-refractivity contribution in [3.05, 3.63) is 83.6 Å². The zero-order chi connectivity index (χ0) is 19.3. The van der Waals surface area contributed by atoms with Crippen molar-refractivity contribution >= 4 is 5.91 Å². The molecule has 6 nitrogen and oxygen atoms in total. The van der Waals surface area contributed by atoms with E-state index in [-0.39, 0.29) is 17.8 Å². The van der Waals surface area contributed by atoms with Crippen molar-refractivity contribution in [2.24, 2.45) is 0 Å². The summed E-state index contributed by atoms with van der Waals surface area (Å²) in [4.78, 5) is 18.5. The van der Waals surface area contributed by atoms with Crippen LogP contribution in [0.5, 0.6) is 5.75 Å². The third-order valence-electron chi connectivity index (χ3n) is 4.90. The molecule has 4 rings (SSSR count). The number of nitrogens with zero attached hydrogens (tertiary/aromatic N) is 2. The molecule has 2 heterocycles. The van der Waals surface area contributed by atoms with Gasteiger partial charge in [-0.3, -0.25) is 9.69 Å². The van der Waals surface area contributed by atoms with Crippen molar-refractivity contribution in [2.75, 3.05) is 19.6 Å². The highest BCUT2D eigenvalue weighted by Gasteiger charge is 2.24. The van der Waals surface area contributed by atoms with Crippen LogP contribution in [-0.2, 0) is 6.54 Å². The number of aromatic nitrogens is 1. The van der Waals surface area contributed by atoms with Crippen molar-refractivity contribution in [2.45, 2.75) is 19.6 Å². The number of amides is 1. The van der Waals surface area contributed by atoms with Gasteiger partial charge in [-0.1, -0.05) is 48.5 Å². The Hall–Kier alpha value is -3.12. The van der Waals surface area contributed by atoms with Gasteiger partial charge in [0, 0.05) is 31.7 Å². The molecule has 0 saturated carbocycles. The predicted octanol–water partition coefficient (Wildman–Crippen LogP) is 3.35. The third kappa shape index (κ3) is 4.07. The highest BCUT2D eigenvalue weighted by molar-refractivity contribution is 5.92. The number of aryl methyl sites for hydroxylation is 1. The quantitative estimate of drug-likeness (QED) is 0.739. The highest BCUT2D eigenvalue weighted by Crippen LogP contribution is 2.30. The number of nitrogens with one attached hydrogen (secondary N) is 1. The summed E-state index contributed by atoms with van der Waals surface area (Å²) in [6.07, 6.45) is 1.23. The van der Waals surface area contributed by atoms with Gasteiger partial charge in [0.1, 0.15) is 11.9 Å². The van der Waals surface area contributed by atoms with Crippen LogP contribution in [0.1, 0.15) is 33.5 Å². The lowest BCUT2D eigenvalue weighted by molar-refractivity contribution is 0.0914. The molecule has 3 aromatic rings. The zero-order valence-electron chi connectivity index (χ0n) is 15.8. The topological polar surface area (TPSA) is 67.6 Å². The first-order valence-electron chi connectivity index (χ1n) is 9.41. The molecule has 6 heteroatoms. The molecule has 144 valence electrons. The molecule has 0 spiro atoms. The van der Waals surface area contributed by atoms with Crippen LogP contribution in [-0.4, -0.2) is 35.4 Å². The van der Waals surface area contributed by atoms with E-state index in [1.807, 2.05) is 36.4 Å². The molecule has 1 aliphatic rings. The van der Waals surface area contributed by atoms with E-state index in [2.05, 4.69) is 33.4 Å². The van der Waals surface area contributed by atoms with Gasteiger partial charge in [0.2, 0.25) is 5.76 Å². The van der Waals surface area contributed by atoms with E-state index < -0.39 is 0 Å². The summed E-state index contributed by atoms with van der Waals surface area (Å²) < 4.78 is 11.5. The van der Waals surface area contributed by atoms with E-state index in [0.717, 1.165) is 30.0 Å². The Balaban J connectivity index is 1.45. The van der Waals surface area contributed by atoms with E-state index in [1.54, 1.807) is 6.92 Å². The third-order valence-corrected chi connectivity index (χ3v) is 4.90. The largest absolute Gasteiger partial charge is 0.484 e. The molecule has 0 unspecified atom stereocenters. The fourth-order valence-corrected chi connectivity index (χ4v) is 3.42. The summed E-state index contributed by atoms with van der Waals surface area (Å²) in [5.41, 5.74) is 2.89. The van der Waals surface area contributed by atoms with Crippen LogP contribution in [0.2, 0.25) is 0 Å². The van der Waals surface area contributed by atoms with Crippen molar-refractivity contribution in [1.29, 1.82) is 0 Å². The number of carbonyl (C=O) groups is 1. The first kappa shape index (κ1) is 18.3. The minimum Gasteiger partial charge on any atom is -0.484 e. The minimum absolute atomic E-state index is 0.0583. The summed E-state index contributed by atoms with van der Waals surface area (Å²) in [5, 5.41) is 2.92. The van der Waals surface area contributed by atoms with Crippen LogP contribution in [0.15, 0.2) is 65.4 Å². The molecule has 0 bridgehead atoms. The number of ether oxygens (including phenoxy) is 1. The Labute approximate surface area is 164 Å². The van der Waals surface area contributed by atoms with Crippen molar-refractivity contribution in [3.63, 3.8) is 0 Å². The van der Waals surface area contributed by atoms with Crippen molar-refractivity contribution in [1.82, 2.24) is 15.2 Å². The number of oxazole rings is 1. The highest BCUT2D eigenvalue weighted by atomic mass is 16.5. The molecular formula is C22H23N3O3. The molecule has 2 aromatic carbocycles. The molecule has 0 saturated heterocycles. The average Bonchev–Trinajstić information content (AvgIpc) is 3.05. The van der Waals surface area contributed by atoms with Crippen LogP contribution in [0.3, 0.4) is 0 Å². The summed E-state index contributed by atoms with van der Waals surface area (Å²) in [6, 6.07) is 18.4. The second kappa shape index (κ2) is 8.27. The Morgan fingerprint density at radius 1 is 1.18 bits per heavy atom. The number of fused-ring (bicyclic) bond motifs is 1. The van der Waals surface area contributed by atoms with E-state index in [0.29, 0.717) is 18.8 Å². The smallest absolute Gasteiger partial charge is 0.289 e. The lowest BCUT2D eigenvalue weighted by atomic mass is 10.1. The lowest BCUT2D eigenvalue weighted by Gasteiger charge is -2.24. The maximum absolute atomic E-state index is 12.2. The van der Waals surface area contributed by atoms with Crippen LogP contribution >= 0.6 is 0 Å². The second-order valence-corrected chi connectivity index (χ2v) is 6.88. The number of carbonyl (C=O) groups excluding carboxylic acids is 1. The average molecular weight is 377 g/mol. The van der Waals surface area contributed by atoms with Gasteiger partial charge in [0.25, 0.3) is 5.91 Å². The Kier molecular flexibility index (Phi) is 5.39. The van der Waals surface area contributed by atoms with Gasteiger partial charge in [-0.05, 0) is 18.6 Å².